The van der Waals surface area contributed by atoms with Crippen molar-refractivity contribution in [2.75, 3.05) is 19.7 Å². The van der Waals surface area contributed by atoms with Crippen LogP contribution >= 0.6 is 12.4 Å². The summed E-state index contributed by atoms with van der Waals surface area (Å²) in [6.45, 7) is 1.58. The first kappa shape index (κ1) is 13.4. The van der Waals surface area contributed by atoms with Gasteiger partial charge in [0.05, 0.1) is 6.61 Å². The van der Waals surface area contributed by atoms with E-state index in [9.17, 15) is 4.39 Å². The summed E-state index contributed by atoms with van der Waals surface area (Å²) in [6.07, 6.45) is 0.861. The summed E-state index contributed by atoms with van der Waals surface area (Å²) in [5.74, 6) is -0.202. The smallest absolute Gasteiger partial charge is 0.123 e. The molecule has 0 radical (unpaired) electrons. The van der Waals surface area contributed by atoms with Crippen LogP contribution in [-0.2, 0) is 6.42 Å². The lowest BCUT2D eigenvalue weighted by molar-refractivity contribution is 0.293. The van der Waals surface area contributed by atoms with Crippen LogP contribution < -0.4 is 5.32 Å². The number of benzene rings is 1. The van der Waals surface area contributed by atoms with Gasteiger partial charge in [0.1, 0.15) is 5.82 Å². The van der Waals surface area contributed by atoms with Crippen molar-refractivity contribution >= 4 is 12.4 Å². The molecule has 0 fully saturated rings. The number of aliphatic hydroxyl groups excluding tert-OH is 1. The van der Waals surface area contributed by atoms with Gasteiger partial charge in [0.25, 0.3) is 0 Å². The molecule has 1 aromatic carbocycles. The lowest BCUT2D eigenvalue weighted by atomic mass is 10.1. The summed E-state index contributed by atoms with van der Waals surface area (Å²) in [4.78, 5) is 0. The van der Waals surface area contributed by atoms with E-state index in [2.05, 4.69) is 5.32 Å². The maximum absolute atomic E-state index is 12.5. The van der Waals surface area contributed by atoms with Gasteiger partial charge < -0.3 is 10.4 Å². The highest BCUT2D eigenvalue weighted by Gasteiger charge is 1.93. The molecule has 0 saturated carbocycles. The van der Waals surface area contributed by atoms with Crippen molar-refractivity contribution in [2.45, 2.75) is 6.42 Å². The second-order valence-electron chi connectivity index (χ2n) is 2.85. The minimum atomic E-state index is -0.202. The first-order valence-corrected chi connectivity index (χ1v) is 4.39. The third-order valence-electron chi connectivity index (χ3n) is 1.79. The van der Waals surface area contributed by atoms with Gasteiger partial charge >= 0.3 is 0 Å². The molecule has 0 unspecified atom stereocenters. The van der Waals surface area contributed by atoms with E-state index in [0.29, 0.717) is 6.54 Å². The van der Waals surface area contributed by atoms with E-state index in [-0.39, 0.29) is 24.8 Å². The standard InChI is InChI=1S/C10H14FNO.ClH/c11-10-3-1-9(2-4-10)5-6-12-7-8-13;/h1-4,12-13H,5-8H2;1H. The van der Waals surface area contributed by atoms with Crippen molar-refractivity contribution in [3.8, 4) is 0 Å². The Morgan fingerprint density at radius 2 is 1.79 bits per heavy atom. The summed E-state index contributed by atoms with van der Waals surface area (Å²) < 4.78 is 12.5. The van der Waals surface area contributed by atoms with Gasteiger partial charge in [-0.25, -0.2) is 4.39 Å². The van der Waals surface area contributed by atoms with Crippen LogP contribution in [0.15, 0.2) is 24.3 Å². The maximum atomic E-state index is 12.5. The third kappa shape index (κ3) is 5.17. The van der Waals surface area contributed by atoms with Crippen LogP contribution in [0.1, 0.15) is 5.56 Å². The molecule has 4 heteroatoms. The second-order valence-corrected chi connectivity index (χ2v) is 2.85. The summed E-state index contributed by atoms with van der Waals surface area (Å²) in [7, 11) is 0. The van der Waals surface area contributed by atoms with Crippen LogP contribution in [0.5, 0.6) is 0 Å². The maximum Gasteiger partial charge on any atom is 0.123 e. The van der Waals surface area contributed by atoms with E-state index in [0.717, 1.165) is 18.5 Å². The Labute approximate surface area is 89.6 Å². The van der Waals surface area contributed by atoms with Gasteiger partial charge in [-0.05, 0) is 30.7 Å². The van der Waals surface area contributed by atoms with E-state index < -0.39 is 0 Å². The van der Waals surface area contributed by atoms with Gasteiger partial charge in [-0.1, -0.05) is 12.1 Å². The molecule has 0 aliphatic heterocycles. The first-order chi connectivity index (χ1) is 6.33. The molecule has 0 aromatic heterocycles. The minimum Gasteiger partial charge on any atom is -0.395 e. The molecule has 1 rings (SSSR count). The molecule has 0 heterocycles. The zero-order valence-electron chi connectivity index (χ0n) is 7.87. The molecule has 80 valence electrons. The average Bonchev–Trinajstić information content (AvgIpc) is 2.15. The van der Waals surface area contributed by atoms with E-state index in [4.69, 9.17) is 5.11 Å². The monoisotopic (exact) mass is 219 g/mol. The van der Waals surface area contributed by atoms with E-state index in [1.807, 2.05) is 0 Å². The molecule has 2 N–H and O–H groups in total. The number of hydrogen-bond acceptors (Lipinski definition) is 2. The molecule has 1 aromatic rings. The van der Waals surface area contributed by atoms with Crippen LogP contribution in [0.4, 0.5) is 4.39 Å². The average molecular weight is 220 g/mol. The summed E-state index contributed by atoms with van der Waals surface area (Å²) in [6, 6.07) is 6.47. The van der Waals surface area contributed by atoms with Crippen molar-refractivity contribution in [1.29, 1.82) is 0 Å². The minimum absolute atomic E-state index is 0. The van der Waals surface area contributed by atoms with Gasteiger partial charge in [-0.3, -0.25) is 0 Å². The second kappa shape index (κ2) is 7.74. The third-order valence-corrected chi connectivity index (χ3v) is 1.79. The van der Waals surface area contributed by atoms with Crippen LogP contribution in [0, 0.1) is 5.82 Å². The summed E-state index contributed by atoms with van der Waals surface area (Å²) >= 11 is 0. The molecule has 0 aliphatic rings. The van der Waals surface area contributed by atoms with Gasteiger partial charge in [-0.15, -0.1) is 12.4 Å². The number of hydrogen-bond donors (Lipinski definition) is 2. The van der Waals surface area contributed by atoms with Crippen LogP contribution in [-0.4, -0.2) is 24.8 Å². The largest absolute Gasteiger partial charge is 0.395 e. The zero-order chi connectivity index (χ0) is 9.52. The molecule has 0 spiro atoms. The Morgan fingerprint density at radius 1 is 1.14 bits per heavy atom. The van der Waals surface area contributed by atoms with E-state index >= 15 is 0 Å². The van der Waals surface area contributed by atoms with Gasteiger partial charge in [-0.2, -0.15) is 0 Å². The van der Waals surface area contributed by atoms with E-state index in [1.54, 1.807) is 12.1 Å². The Morgan fingerprint density at radius 3 is 2.36 bits per heavy atom. The highest BCUT2D eigenvalue weighted by atomic mass is 35.5. The molecule has 2 nitrogen and oxygen atoms in total. The molecule has 14 heavy (non-hydrogen) atoms. The number of aliphatic hydroxyl groups is 1. The Bertz CT molecular complexity index is 240. The molecule has 0 saturated heterocycles. The summed E-state index contributed by atoms with van der Waals surface area (Å²) in [5, 5.41) is 11.5. The highest BCUT2D eigenvalue weighted by molar-refractivity contribution is 5.85. The van der Waals surface area contributed by atoms with Crippen molar-refractivity contribution in [3.63, 3.8) is 0 Å². The van der Waals surface area contributed by atoms with Crippen LogP contribution in [0.3, 0.4) is 0 Å². The van der Waals surface area contributed by atoms with E-state index in [1.165, 1.54) is 12.1 Å². The SMILES string of the molecule is Cl.OCCNCCc1ccc(F)cc1. The number of rotatable bonds is 5. The fraction of sp³-hybridized carbons (Fsp3) is 0.400. The quantitative estimate of drug-likeness (QED) is 0.734. The molecular formula is C10H15ClFNO. The predicted octanol–water partition coefficient (Wildman–Crippen LogP) is 1.37. The zero-order valence-corrected chi connectivity index (χ0v) is 8.69. The topological polar surface area (TPSA) is 32.3 Å². The fourth-order valence-corrected chi connectivity index (χ4v) is 1.09. The van der Waals surface area contributed by atoms with Gasteiger partial charge in [0.15, 0.2) is 0 Å². The van der Waals surface area contributed by atoms with Crippen molar-refractivity contribution in [3.05, 3.63) is 35.6 Å². The predicted molar refractivity (Wildman–Crippen MR) is 57.3 cm³/mol. The Hall–Kier alpha value is -0.640. The van der Waals surface area contributed by atoms with Gasteiger partial charge in [0, 0.05) is 6.54 Å². The highest BCUT2D eigenvalue weighted by Crippen LogP contribution is 2.02. The molecular weight excluding hydrogens is 205 g/mol. The summed E-state index contributed by atoms with van der Waals surface area (Å²) in [5.41, 5.74) is 1.10. The van der Waals surface area contributed by atoms with Crippen molar-refractivity contribution < 1.29 is 9.50 Å². The first-order valence-electron chi connectivity index (χ1n) is 4.39. The lowest BCUT2D eigenvalue weighted by Crippen LogP contribution is -2.20. The number of halogens is 2. The fourth-order valence-electron chi connectivity index (χ4n) is 1.09. The van der Waals surface area contributed by atoms with Crippen LogP contribution in [0.2, 0.25) is 0 Å². The molecule has 0 amide bonds. The molecule has 0 atom stereocenters. The molecule has 0 bridgehead atoms. The van der Waals surface area contributed by atoms with Crippen LogP contribution in [0.25, 0.3) is 0 Å². The number of nitrogens with one attached hydrogen (secondary N) is 1. The Kier molecular flexibility index (Phi) is 7.38. The normalized spacial score (nSPS) is 9.57. The van der Waals surface area contributed by atoms with Crippen molar-refractivity contribution in [2.24, 2.45) is 0 Å². The van der Waals surface area contributed by atoms with Crippen molar-refractivity contribution in [1.82, 2.24) is 5.32 Å². The van der Waals surface area contributed by atoms with Gasteiger partial charge in [0.2, 0.25) is 0 Å². The lowest BCUT2D eigenvalue weighted by Gasteiger charge is -2.02. The molecule has 0 aliphatic carbocycles. The Balaban J connectivity index is 0.00000169.